The number of hydrogen-bond donors (Lipinski definition) is 0. The van der Waals surface area contributed by atoms with Crippen molar-refractivity contribution in [2.45, 2.75) is 105 Å². The molecular formula is C76H72BN3. The Labute approximate surface area is 476 Å². The number of aryl methyl sites for hydroxylation is 1. The summed E-state index contributed by atoms with van der Waals surface area (Å²) in [7, 11) is 0. The molecule has 3 aliphatic rings. The molecule has 0 saturated carbocycles. The zero-order valence-electron chi connectivity index (χ0n) is 48.7. The number of rotatable bonds is 7. The average Bonchev–Trinajstić information content (AvgIpc) is 3.84. The Bertz CT molecular complexity index is 4060. The number of anilines is 9. The van der Waals surface area contributed by atoms with Gasteiger partial charge in [-0.2, -0.15) is 0 Å². The molecule has 0 unspecified atom stereocenters. The summed E-state index contributed by atoms with van der Waals surface area (Å²) >= 11 is 0. The van der Waals surface area contributed by atoms with Gasteiger partial charge in [-0.05, 0) is 174 Å². The second kappa shape index (κ2) is 18.6. The van der Waals surface area contributed by atoms with Crippen molar-refractivity contribution in [1.29, 1.82) is 0 Å². The van der Waals surface area contributed by atoms with Crippen molar-refractivity contribution in [3.63, 3.8) is 0 Å². The van der Waals surface area contributed by atoms with E-state index in [1.807, 2.05) is 0 Å². The second-order valence-electron chi connectivity index (χ2n) is 26.4. The number of para-hydroxylation sites is 1. The molecule has 4 heteroatoms. The van der Waals surface area contributed by atoms with Gasteiger partial charge in [0.15, 0.2) is 0 Å². The van der Waals surface area contributed by atoms with E-state index in [2.05, 4.69) is 316 Å². The van der Waals surface area contributed by atoms with Crippen LogP contribution in [0.25, 0.3) is 33.4 Å². The molecule has 0 bridgehead atoms. The average molecular weight is 1040 g/mol. The minimum atomic E-state index is -0.193. The lowest BCUT2D eigenvalue weighted by atomic mass is 9.33. The molecule has 10 aromatic carbocycles. The molecule has 0 N–H and O–H groups in total. The van der Waals surface area contributed by atoms with E-state index in [-0.39, 0.29) is 28.4 Å². The molecule has 0 saturated heterocycles. The summed E-state index contributed by atoms with van der Waals surface area (Å²) in [5.74, 6) is 0. The van der Waals surface area contributed by atoms with Gasteiger partial charge >= 0.3 is 0 Å². The summed E-state index contributed by atoms with van der Waals surface area (Å²) in [5.41, 5.74) is 29.4. The van der Waals surface area contributed by atoms with Crippen LogP contribution in [0.3, 0.4) is 0 Å². The van der Waals surface area contributed by atoms with Crippen LogP contribution in [0.15, 0.2) is 218 Å². The Morgan fingerprint density at radius 2 is 0.887 bits per heavy atom. The zero-order valence-corrected chi connectivity index (χ0v) is 48.7. The normalized spacial score (nSPS) is 14.0. The van der Waals surface area contributed by atoms with Gasteiger partial charge in [0.2, 0.25) is 0 Å². The maximum Gasteiger partial charge on any atom is 0.252 e. The van der Waals surface area contributed by atoms with Crippen molar-refractivity contribution < 1.29 is 0 Å². The molecule has 0 spiro atoms. The van der Waals surface area contributed by atoms with Crippen LogP contribution >= 0.6 is 0 Å². The Kier molecular flexibility index (Phi) is 11.9. The summed E-state index contributed by atoms with van der Waals surface area (Å²) in [4.78, 5) is 7.74. The minimum Gasteiger partial charge on any atom is -0.311 e. The van der Waals surface area contributed by atoms with Crippen molar-refractivity contribution in [1.82, 2.24) is 0 Å². The maximum absolute atomic E-state index is 2.63. The number of fused-ring (bicyclic) bond motifs is 7. The van der Waals surface area contributed by atoms with E-state index in [1.54, 1.807) is 0 Å². The summed E-state index contributed by atoms with van der Waals surface area (Å²) in [6.07, 6.45) is 0. The van der Waals surface area contributed by atoms with Gasteiger partial charge in [0.1, 0.15) is 0 Å². The van der Waals surface area contributed by atoms with Crippen LogP contribution in [-0.2, 0) is 21.7 Å². The van der Waals surface area contributed by atoms with Gasteiger partial charge < -0.3 is 14.7 Å². The fraction of sp³-hybridized carbons (Fsp3) is 0.211. The summed E-state index contributed by atoms with van der Waals surface area (Å²) < 4.78 is 0. The molecule has 0 radical (unpaired) electrons. The van der Waals surface area contributed by atoms with Crippen LogP contribution in [0.5, 0.6) is 0 Å². The van der Waals surface area contributed by atoms with Gasteiger partial charge in [-0.25, -0.2) is 0 Å². The molecule has 0 amide bonds. The van der Waals surface area contributed by atoms with E-state index in [0.717, 1.165) is 22.7 Å². The lowest BCUT2D eigenvalue weighted by Gasteiger charge is -2.45. The molecule has 394 valence electrons. The number of benzene rings is 10. The predicted molar refractivity (Wildman–Crippen MR) is 344 cm³/mol. The van der Waals surface area contributed by atoms with Crippen molar-refractivity contribution in [3.05, 3.63) is 252 Å². The van der Waals surface area contributed by atoms with E-state index < -0.39 is 0 Å². The first-order valence-corrected chi connectivity index (χ1v) is 28.8. The largest absolute Gasteiger partial charge is 0.311 e. The highest BCUT2D eigenvalue weighted by atomic mass is 15.2. The number of hydrogen-bond acceptors (Lipinski definition) is 3. The molecule has 13 rings (SSSR count). The van der Waals surface area contributed by atoms with E-state index in [9.17, 15) is 0 Å². The third-order valence-electron chi connectivity index (χ3n) is 17.5. The SMILES string of the molecule is Cc1cc2c3c(c1)N(c1ccc(C(C)(C)C)cc1-c1ccccc1)c1cc(C(C)(C)C)ccc1B3c1ccc(N(c3ccccc3)c3ccc(C(C)(C)C)cc3-c3ccccc3)cc1N2c1ccc2c(c1)C(C)(C)c1ccccc1-2. The fourth-order valence-electron chi connectivity index (χ4n) is 13.2. The van der Waals surface area contributed by atoms with E-state index in [1.165, 1.54) is 112 Å². The Morgan fingerprint density at radius 3 is 1.54 bits per heavy atom. The first kappa shape index (κ1) is 51.1. The molecule has 10 aromatic rings. The first-order chi connectivity index (χ1) is 38.3. The van der Waals surface area contributed by atoms with Crippen LogP contribution in [0.2, 0.25) is 0 Å². The topological polar surface area (TPSA) is 9.72 Å². The van der Waals surface area contributed by atoms with Crippen molar-refractivity contribution in [2.75, 3.05) is 14.7 Å². The van der Waals surface area contributed by atoms with Crippen molar-refractivity contribution >= 4 is 74.3 Å². The van der Waals surface area contributed by atoms with Crippen LogP contribution < -0.4 is 31.1 Å². The van der Waals surface area contributed by atoms with E-state index >= 15 is 0 Å². The lowest BCUT2D eigenvalue weighted by molar-refractivity contribution is 0.590. The van der Waals surface area contributed by atoms with Gasteiger partial charge in [-0.15, -0.1) is 0 Å². The molecule has 3 nitrogen and oxygen atoms in total. The molecule has 1 aliphatic carbocycles. The standard InChI is InChI=1S/C76H72BN3/c1-49-42-70-72-71(43-49)80(67-41-34-53(74(5,6)7)45-61(67)51-26-18-14-19-27-51)68-46-54(75(8,9)10)32-38-64(68)77(72)65-39-36-57(48-69(65)79(70)56-35-37-59-58-30-22-23-31-62(58)76(11,12)63(59)47-56)78(55-28-20-15-21-29-55)66-40-33-52(73(2,3)4)44-60(66)50-24-16-13-17-25-50/h13-48H,1-12H3. The minimum absolute atomic E-state index is 0.0410. The highest BCUT2D eigenvalue weighted by Crippen LogP contribution is 2.54. The van der Waals surface area contributed by atoms with Gasteiger partial charge in [0.05, 0.1) is 11.4 Å². The molecule has 0 fully saturated rings. The quantitative estimate of drug-likeness (QED) is 0.147. The summed E-state index contributed by atoms with van der Waals surface area (Å²) in [6.45, 7) is 28.0. The van der Waals surface area contributed by atoms with E-state index in [0.29, 0.717) is 0 Å². The molecule has 0 aromatic heterocycles. The first-order valence-electron chi connectivity index (χ1n) is 28.8. The monoisotopic (exact) mass is 1040 g/mol. The predicted octanol–water partition coefficient (Wildman–Crippen LogP) is 19.1. The third kappa shape index (κ3) is 8.41. The highest BCUT2D eigenvalue weighted by Gasteiger charge is 2.45. The lowest BCUT2D eigenvalue weighted by Crippen LogP contribution is -2.61. The highest BCUT2D eigenvalue weighted by molar-refractivity contribution is 7.00. The van der Waals surface area contributed by atoms with Crippen molar-refractivity contribution in [3.8, 4) is 33.4 Å². The van der Waals surface area contributed by atoms with Crippen molar-refractivity contribution in [2.24, 2.45) is 0 Å². The van der Waals surface area contributed by atoms with Gasteiger partial charge in [-0.3, -0.25) is 0 Å². The Hall–Kier alpha value is -8.34. The summed E-state index contributed by atoms with van der Waals surface area (Å²) in [6, 6.07) is 83.3. The van der Waals surface area contributed by atoms with Gasteiger partial charge in [-0.1, -0.05) is 216 Å². The van der Waals surface area contributed by atoms with Gasteiger partial charge in [0, 0.05) is 56.4 Å². The van der Waals surface area contributed by atoms with Crippen LogP contribution in [-0.4, -0.2) is 6.71 Å². The molecule has 0 atom stereocenters. The Morgan fingerprint density at radius 1 is 0.375 bits per heavy atom. The Balaban J connectivity index is 1.11. The van der Waals surface area contributed by atoms with Crippen LogP contribution in [0, 0.1) is 6.92 Å². The zero-order chi connectivity index (χ0) is 55.6. The molecule has 2 heterocycles. The second-order valence-corrected chi connectivity index (χ2v) is 26.4. The third-order valence-corrected chi connectivity index (χ3v) is 17.5. The fourth-order valence-corrected chi connectivity index (χ4v) is 13.2. The molecular weight excluding hydrogens is 966 g/mol. The van der Waals surface area contributed by atoms with E-state index in [4.69, 9.17) is 0 Å². The number of nitrogens with zero attached hydrogens (tertiary/aromatic N) is 3. The maximum atomic E-state index is 2.63. The molecule has 2 aliphatic heterocycles. The molecule has 80 heavy (non-hydrogen) atoms. The van der Waals surface area contributed by atoms with Crippen LogP contribution in [0.1, 0.15) is 110 Å². The smallest absolute Gasteiger partial charge is 0.252 e. The van der Waals surface area contributed by atoms with Gasteiger partial charge in [0.25, 0.3) is 6.71 Å². The van der Waals surface area contributed by atoms with Crippen LogP contribution in [0.4, 0.5) is 51.2 Å². The summed E-state index contributed by atoms with van der Waals surface area (Å²) in [5, 5.41) is 0.